The van der Waals surface area contributed by atoms with Crippen LogP contribution in [0.2, 0.25) is 0 Å². The minimum atomic E-state index is -4.34. The first kappa shape index (κ1) is 16.4. The number of hydrogen-bond acceptors (Lipinski definition) is 4. The molecule has 4 heterocycles. The largest absolute Gasteiger partial charge is 0.465 e. The van der Waals surface area contributed by atoms with E-state index in [2.05, 4.69) is 9.88 Å². The van der Waals surface area contributed by atoms with Crippen LogP contribution < -0.4 is 4.90 Å². The Bertz CT molecular complexity index is 758. The second-order valence-electron chi connectivity index (χ2n) is 6.90. The highest BCUT2D eigenvalue weighted by Crippen LogP contribution is 2.36. The van der Waals surface area contributed by atoms with Crippen LogP contribution in [-0.4, -0.2) is 35.6 Å². The summed E-state index contributed by atoms with van der Waals surface area (Å²) < 4.78 is 44.4. The molecular weight excluding hydrogens is 331 g/mol. The number of aromatic nitrogens is 1. The van der Waals surface area contributed by atoms with Crippen molar-refractivity contribution in [3.63, 3.8) is 0 Å². The van der Waals surface area contributed by atoms with E-state index >= 15 is 0 Å². The molecule has 134 valence electrons. The van der Waals surface area contributed by atoms with Crippen LogP contribution in [0.3, 0.4) is 0 Å². The Morgan fingerprint density at radius 3 is 2.80 bits per heavy atom. The Balaban J connectivity index is 1.47. The molecule has 7 heteroatoms. The summed E-state index contributed by atoms with van der Waals surface area (Å²) in [7, 11) is 0. The molecule has 0 N–H and O–H groups in total. The van der Waals surface area contributed by atoms with Crippen molar-refractivity contribution in [2.24, 2.45) is 5.92 Å². The molecule has 0 aliphatic carbocycles. The number of furan rings is 1. The predicted octanol–water partition coefficient (Wildman–Crippen LogP) is 3.71. The Morgan fingerprint density at radius 2 is 2.08 bits per heavy atom. The van der Waals surface area contributed by atoms with E-state index in [9.17, 15) is 13.2 Å². The third-order valence-corrected chi connectivity index (χ3v) is 5.21. The van der Waals surface area contributed by atoms with Crippen LogP contribution in [-0.2, 0) is 12.7 Å². The van der Waals surface area contributed by atoms with E-state index in [0.29, 0.717) is 24.3 Å². The van der Waals surface area contributed by atoms with Gasteiger partial charge in [0.15, 0.2) is 0 Å². The van der Waals surface area contributed by atoms with Gasteiger partial charge in [-0.1, -0.05) is 0 Å². The fourth-order valence-corrected chi connectivity index (χ4v) is 3.97. The Labute approximate surface area is 144 Å². The Kier molecular flexibility index (Phi) is 3.98. The summed E-state index contributed by atoms with van der Waals surface area (Å²) in [4.78, 5) is 8.51. The molecule has 0 aromatic carbocycles. The zero-order valence-electron chi connectivity index (χ0n) is 14.0. The fraction of sp³-hybridized carbons (Fsp3) is 0.500. The average Bonchev–Trinajstić information content (AvgIpc) is 3.24. The smallest absolute Gasteiger partial charge is 0.416 e. The summed E-state index contributed by atoms with van der Waals surface area (Å²) in [5.74, 6) is 2.71. The summed E-state index contributed by atoms with van der Waals surface area (Å²) in [5, 5.41) is 0. The average molecular weight is 351 g/mol. The van der Waals surface area contributed by atoms with Gasteiger partial charge in [-0.05, 0) is 50.1 Å². The summed E-state index contributed by atoms with van der Waals surface area (Å²) in [5.41, 5.74) is -0.641. The molecule has 4 rings (SSSR count). The predicted molar refractivity (Wildman–Crippen MR) is 87.2 cm³/mol. The molecule has 2 aromatic heterocycles. The zero-order valence-corrected chi connectivity index (χ0v) is 14.0. The van der Waals surface area contributed by atoms with Crippen LogP contribution >= 0.6 is 0 Å². The molecule has 0 spiro atoms. The maximum absolute atomic E-state index is 12.9. The molecule has 25 heavy (non-hydrogen) atoms. The van der Waals surface area contributed by atoms with Gasteiger partial charge in [0.1, 0.15) is 17.3 Å². The van der Waals surface area contributed by atoms with Crippen molar-refractivity contribution in [3.05, 3.63) is 47.5 Å². The first-order valence-electron chi connectivity index (χ1n) is 8.48. The number of fused-ring (bicyclic) bond motifs is 1. The summed E-state index contributed by atoms with van der Waals surface area (Å²) in [6.07, 6.45) is -2.04. The topological polar surface area (TPSA) is 32.5 Å². The van der Waals surface area contributed by atoms with Gasteiger partial charge in [-0.3, -0.25) is 4.90 Å². The van der Waals surface area contributed by atoms with E-state index in [4.69, 9.17) is 4.42 Å². The third kappa shape index (κ3) is 3.25. The van der Waals surface area contributed by atoms with Crippen LogP contribution in [0.5, 0.6) is 0 Å². The highest BCUT2D eigenvalue weighted by molar-refractivity contribution is 5.44. The van der Waals surface area contributed by atoms with E-state index in [1.54, 1.807) is 0 Å². The molecule has 2 aliphatic rings. The second-order valence-corrected chi connectivity index (χ2v) is 6.90. The van der Waals surface area contributed by atoms with E-state index in [0.717, 1.165) is 49.7 Å². The van der Waals surface area contributed by atoms with Crippen molar-refractivity contribution in [2.75, 3.05) is 24.5 Å². The molecule has 0 saturated carbocycles. The molecule has 0 amide bonds. The number of aryl methyl sites for hydroxylation is 1. The first-order chi connectivity index (χ1) is 11.9. The van der Waals surface area contributed by atoms with Gasteiger partial charge in [-0.2, -0.15) is 13.2 Å². The lowest BCUT2D eigenvalue weighted by Gasteiger charge is -2.24. The quantitative estimate of drug-likeness (QED) is 0.844. The van der Waals surface area contributed by atoms with Gasteiger partial charge in [0.2, 0.25) is 0 Å². The van der Waals surface area contributed by atoms with Gasteiger partial charge in [-0.25, -0.2) is 4.98 Å². The summed E-state index contributed by atoms with van der Waals surface area (Å²) in [6, 6.07) is 6.45. The number of anilines is 1. The maximum atomic E-state index is 12.9. The molecular formula is C18H20F3N3O. The Hall–Kier alpha value is -2.02. The summed E-state index contributed by atoms with van der Waals surface area (Å²) >= 11 is 0. The van der Waals surface area contributed by atoms with Crippen molar-refractivity contribution in [1.82, 2.24) is 9.88 Å². The minimum Gasteiger partial charge on any atom is -0.465 e. The van der Waals surface area contributed by atoms with E-state index in [1.807, 2.05) is 24.0 Å². The van der Waals surface area contributed by atoms with Gasteiger partial charge in [0.05, 0.1) is 12.1 Å². The number of pyridine rings is 1. The number of likely N-dealkylation sites (tertiary alicyclic amines) is 1. The number of alkyl halides is 3. The lowest BCUT2D eigenvalue weighted by molar-refractivity contribution is -0.137. The normalized spacial score (nSPS) is 24.1. The van der Waals surface area contributed by atoms with Crippen molar-refractivity contribution in [1.29, 1.82) is 0 Å². The third-order valence-electron chi connectivity index (χ3n) is 5.21. The number of hydrogen-bond donors (Lipinski definition) is 0. The monoisotopic (exact) mass is 351 g/mol. The number of rotatable bonds is 3. The lowest BCUT2D eigenvalue weighted by Crippen LogP contribution is -2.34. The van der Waals surface area contributed by atoms with Crippen LogP contribution in [0.1, 0.15) is 23.5 Å². The highest BCUT2D eigenvalue weighted by atomic mass is 19.4. The van der Waals surface area contributed by atoms with Crippen molar-refractivity contribution in [3.8, 4) is 0 Å². The molecule has 2 fully saturated rings. The lowest BCUT2D eigenvalue weighted by atomic mass is 10.1. The molecule has 0 radical (unpaired) electrons. The standard InChI is InChI=1S/C18H20F3N3O/c1-12-2-3-15(25-12)10-23-7-5-13-9-24(11-16(13)23)17-8-14(4-6-22-17)18(19,20)21/h2-4,6,8,13,16H,5,7,9-11H2,1H3. The molecule has 2 saturated heterocycles. The zero-order chi connectivity index (χ0) is 17.6. The molecule has 2 aliphatic heterocycles. The van der Waals surface area contributed by atoms with E-state index < -0.39 is 11.7 Å². The van der Waals surface area contributed by atoms with Gasteiger partial charge in [0.25, 0.3) is 0 Å². The minimum absolute atomic E-state index is 0.335. The van der Waals surface area contributed by atoms with E-state index in [1.165, 1.54) is 6.20 Å². The van der Waals surface area contributed by atoms with Gasteiger partial charge in [0, 0.05) is 25.3 Å². The van der Waals surface area contributed by atoms with Gasteiger partial charge < -0.3 is 9.32 Å². The first-order valence-corrected chi connectivity index (χ1v) is 8.48. The van der Waals surface area contributed by atoms with Gasteiger partial charge in [-0.15, -0.1) is 0 Å². The van der Waals surface area contributed by atoms with Crippen LogP contribution in [0.15, 0.2) is 34.9 Å². The van der Waals surface area contributed by atoms with E-state index in [-0.39, 0.29) is 0 Å². The Morgan fingerprint density at radius 1 is 1.24 bits per heavy atom. The molecule has 2 aromatic rings. The molecule has 2 atom stereocenters. The second kappa shape index (κ2) is 6.05. The summed E-state index contributed by atoms with van der Waals surface area (Å²) in [6.45, 7) is 5.13. The SMILES string of the molecule is Cc1ccc(CN2CCC3CN(c4cc(C(F)(F)F)ccn4)CC32)o1. The molecule has 4 nitrogen and oxygen atoms in total. The molecule has 0 bridgehead atoms. The maximum Gasteiger partial charge on any atom is 0.416 e. The highest BCUT2D eigenvalue weighted by Gasteiger charge is 2.42. The number of halogens is 3. The van der Waals surface area contributed by atoms with Crippen molar-refractivity contribution in [2.45, 2.75) is 32.1 Å². The van der Waals surface area contributed by atoms with Crippen molar-refractivity contribution < 1.29 is 17.6 Å². The van der Waals surface area contributed by atoms with Gasteiger partial charge >= 0.3 is 6.18 Å². The fourth-order valence-electron chi connectivity index (χ4n) is 3.97. The van der Waals surface area contributed by atoms with Crippen LogP contribution in [0, 0.1) is 12.8 Å². The van der Waals surface area contributed by atoms with Crippen molar-refractivity contribution >= 4 is 5.82 Å². The molecule has 2 unspecified atom stereocenters. The van der Waals surface area contributed by atoms with Crippen LogP contribution in [0.25, 0.3) is 0 Å². The number of nitrogens with zero attached hydrogens (tertiary/aromatic N) is 3. The van der Waals surface area contributed by atoms with Crippen LogP contribution in [0.4, 0.5) is 19.0 Å².